The minimum absolute atomic E-state index is 0.0198. The molecule has 0 heterocycles. The number of primary sulfonamides is 1. The van der Waals surface area contributed by atoms with Crippen molar-refractivity contribution in [3.8, 4) is 0 Å². The zero-order valence-corrected chi connectivity index (χ0v) is 9.54. The molecular formula is C9H13N3O3S. The van der Waals surface area contributed by atoms with Crippen molar-refractivity contribution in [3.05, 3.63) is 29.8 Å². The van der Waals surface area contributed by atoms with E-state index in [1.54, 1.807) is 18.2 Å². The van der Waals surface area contributed by atoms with Gasteiger partial charge in [0, 0.05) is 13.6 Å². The fourth-order valence-electron chi connectivity index (χ4n) is 1.19. The molecule has 0 unspecified atom stereocenters. The number of sulfonamides is 1. The normalized spacial score (nSPS) is 10.9. The summed E-state index contributed by atoms with van der Waals surface area (Å²) in [5, 5.41) is 9.89. The molecule has 0 aromatic heterocycles. The van der Waals surface area contributed by atoms with Crippen LogP contribution in [0, 0.1) is 0 Å². The number of hydrogen-bond donors (Lipinski definition) is 3. The molecule has 0 atom stereocenters. The van der Waals surface area contributed by atoms with Crippen molar-refractivity contribution in [3.63, 3.8) is 0 Å². The molecule has 0 saturated heterocycles. The predicted molar refractivity (Wildman–Crippen MR) is 59.1 cm³/mol. The first-order valence-corrected chi connectivity index (χ1v) is 6.06. The molecule has 1 aromatic carbocycles. The van der Waals surface area contributed by atoms with Crippen LogP contribution in [0.2, 0.25) is 0 Å². The Kier molecular flexibility index (Phi) is 3.86. The second kappa shape index (κ2) is 4.95. The van der Waals surface area contributed by atoms with E-state index in [0.717, 1.165) is 0 Å². The molecule has 0 aliphatic carbocycles. The average Bonchev–Trinajstić information content (AvgIpc) is 2.25. The molecule has 16 heavy (non-hydrogen) atoms. The highest BCUT2D eigenvalue weighted by Crippen LogP contribution is 2.12. The zero-order valence-electron chi connectivity index (χ0n) is 8.73. The molecular weight excluding hydrogens is 230 g/mol. The maximum absolute atomic E-state index is 11.2. The lowest BCUT2D eigenvalue weighted by atomic mass is 10.2. The van der Waals surface area contributed by atoms with Crippen LogP contribution in [0.15, 0.2) is 29.2 Å². The standard InChI is InChI=1S/C9H13N3O3S/c1-11-9(13)12-6-7-4-2-3-5-8(7)16(10,14)15/h2-5H,6H2,1H3,(H2,10,14,15)(H2,11,12,13). The molecule has 1 aromatic rings. The first kappa shape index (κ1) is 12.5. The van der Waals surface area contributed by atoms with Gasteiger partial charge in [-0.2, -0.15) is 0 Å². The van der Waals surface area contributed by atoms with Crippen molar-refractivity contribution in [1.82, 2.24) is 10.6 Å². The summed E-state index contributed by atoms with van der Waals surface area (Å²) in [5.41, 5.74) is 0.452. The fourth-order valence-corrected chi connectivity index (χ4v) is 1.97. The van der Waals surface area contributed by atoms with Crippen molar-refractivity contribution >= 4 is 16.1 Å². The summed E-state index contributed by atoms with van der Waals surface area (Å²) in [6.07, 6.45) is 0. The highest BCUT2D eigenvalue weighted by Gasteiger charge is 2.12. The van der Waals surface area contributed by atoms with Crippen molar-refractivity contribution < 1.29 is 13.2 Å². The Labute approximate surface area is 93.9 Å². The van der Waals surface area contributed by atoms with E-state index in [1.165, 1.54) is 13.1 Å². The highest BCUT2D eigenvalue weighted by atomic mass is 32.2. The average molecular weight is 243 g/mol. The Morgan fingerprint density at radius 2 is 2.00 bits per heavy atom. The second-order valence-corrected chi connectivity index (χ2v) is 4.62. The molecule has 0 aliphatic heterocycles. The van der Waals surface area contributed by atoms with E-state index >= 15 is 0 Å². The third-order valence-electron chi connectivity index (χ3n) is 1.95. The minimum Gasteiger partial charge on any atom is -0.341 e. The van der Waals surface area contributed by atoms with Gasteiger partial charge in [0.05, 0.1) is 4.90 Å². The maximum atomic E-state index is 11.2. The van der Waals surface area contributed by atoms with Crippen LogP contribution in [0.4, 0.5) is 4.79 Å². The Bertz CT molecular complexity index is 485. The number of carbonyl (C=O) groups is 1. The molecule has 1 rings (SSSR count). The molecule has 0 radical (unpaired) electrons. The van der Waals surface area contributed by atoms with Gasteiger partial charge >= 0.3 is 6.03 Å². The Morgan fingerprint density at radius 3 is 2.56 bits per heavy atom. The van der Waals surface area contributed by atoms with Gasteiger partial charge < -0.3 is 10.6 Å². The first-order valence-electron chi connectivity index (χ1n) is 4.51. The van der Waals surface area contributed by atoms with Crippen LogP contribution in [0.3, 0.4) is 0 Å². The monoisotopic (exact) mass is 243 g/mol. The van der Waals surface area contributed by atoms with Gasteiger partial charge in [0.15, 0.2) is 0 Å². The summed E-state index contributed by atoms with van der Waals surface area (Å²) in [4.78, 5) is 11.0. The summed E-state index contributed by atoms with van der Waals surface area (Å²) in [6, 6.07) is 5.86. The van der Waals surface area contributed by atoms with Crippen molar-refractivity contribution in [2.75, 3.05) is 7.05 Å². The highest BCUT2D eigenvalue weighted by molar-refractivity contribution is 7.89. The van der Waals surface area contributed by atoms with Gasteiger partial charge in [0.2, 0.25) is 10.0 Å². The summed E-state index contributed by atoms with van der Waals surface area (Å²) < 4.78 is 22.4. The van der Waals surface area contributed by atoms with E-state index in [2.05, 4.69) is 10.6 Å². The molecule has 0 fully saturated rings. The molecule has 2 amide bonds. The summed E-state index contributed by atoms with van der Waals surface area (Å²) in [7, 11) is -2.29. The van der Waals surface area contributed by atoms with E-state index < -0.39 is 10.0 Å². The van der Waals surface area contributed by atoms with Gasteiger partial charge in [-0.15, -0.1) is 0 Å². The van der Waals surface area contributed by atoms with Crippen molar-refractivity contribution in [2.24, 2.45) is 5.14 Å². The molecule has 88 valence electrons. The number of carbonyl (C=O) groups excluding carboxylic acids is 1. The number of urea groups is 1. The number of nitrogens with two attached hydrogens (primary N) is 1. The Morgan fingerprint density at radius 1 is 1.38 bits per heavy atom. The van der Waals surface area contributed by atoms with Crippen molar-refractivity contribution in [1.29, 1.82) is 0 Å². The zero-order chi connectivity index (χ0) is 12.2. The summed E-state index contributed by atoms with van der Waals surface area (Å²) in [5.74, 6) is 0. The smallest absolute Gasteiger partial charge is 0.314 e. The maximum Gasteiger partial charge on any atom is 0.314 e. The SMILES string of the molecule is CNC(=O)NCc1ccccc1S(N)(=O)=O. The number of nitrogens with one attached hydrogen (secondary N) is 2. The lowest BCUT2D eigenvalue weighted by Gasteiger charge is -2.08. The van der Waals surface area contributed by atoms with E-state index in [9.17, 15) is 13.2 Å². The van der Waals surface area contributed by atoms with Crippen LogP contribution in [0.25, 0.3) is 0 Å². The van der Waals surface area contributed by atoms with E-state index in [-0.39, 0.29) is 17.5 Å². The number of benzene rings is 1. The van der Waals surface area contributed by atoms with Crippen molar-refractivity contribution in [2.45, 2.75) is 11.4 Å². The predicted octanol–water partition coefficient (Wildman–Crippen LogP) is -0.237. The van der Waals surface area contributed by atoms with Crippen LogP contribution in [0.5, 0.6) is 0 Å². The molecule has 7 heteroatoms. The number of hydrogen-bond acceptors (Lipinski definition) is 3. The quantitative estimate of drug-likeness (QED) is 0.683. The van der Waals surface area contributed by atoms with E-state index in [0.29, 0.717) is 5.56 Å². The van der Waals surface area contributed by atoms with Gasteiger partial charge in [0.1, 0.15) is 0 Å². The second-order valence-electron chi connectivity index (χ2n) is 3.09. The molecule has 0 spiro atoms. The van der Waals surface area contributed by atoms with E-state index in [4.69, 9.17) is 5.14 Å². The third kappa shape index (κ3) is 3.21. The summed E-state index contributed by atoms with van der Waals surface area (Å²) in [6.45, 7) is 0.103. The molecule has 0 saturated carbocycles. The Balaban J connectivity index is 2.93. The number of amides is 2. The molecule has 0 aliphatic rings. The minimum atomic E-state index is -3.76. The van der Waals surface area contributed by atoms with E-state index in [1.807, 2.05) is 0 Å². The third-order valence-corrected chi connectivity index (χ3v) is 2.96. The van der Waals surface area contributed by atoms with Crippen LogP contribution in [0.1, 0.15) is 5.56 Å². The number of rotatable bonds is 3. The van der Waals surface area contributed by atoms with Gasteiger partial charge in [-0.25, -0.2) is 18.4 Å². The lowest BCUT2D eigenvalue weighted by Crippen LogP contribution is -2.32. The van der Waals surface area contributed by atoms with Gasteiger partial charge in [-0.05, 0) is 11.6 Å². The van der Waals surface area contributed by atoms with Gasteiger partial charge in [0.25, 0.3) is 0 Å². The lowest BCUT2D eigenvalue weighted by molar-refractivity contribution is 0.242. The van der Waals surface area contributed by atoms with Gasteiger partial charge in [-0.1, -0.05) is 18.2 Å². The fraction of sp³-hybridized carbons (Fsp3) is 0.222. The van der Waals surface area contributed by atoms with Crippen LogP contribution in [-0.4, -0.2) is 21.5 Å². The molecule has 6 nitrogen and oxygen atoms in total. The first-order chi connectivity index (χ1) is 7.45. The van der Waals surface area contributed by atoms with Crippen LogP contribution in [-0.2, 0) is 16.6 Å². The summed E-state index contributed by atoms with van der Waals surface area (Å²) >= 11 is 0. The topological polar surface area (TPSA) is 101 Å². The van der Waals surface area contributed by atoms with Crippen LogP contribution < -0.4 is 15.8 Å². The van der Waals surface area contributed by atoms with Gasteiger partial charge in [-0.3, -0.25) is 0 Å². The molecule has 0 bridgehead atoms. The Hall–Kier alpha value is -1.60. The van der Waals surface area contributed by atoms with Crippen LogP contribution >= 0.6 is 0 Å². The molecule has 4 N–H and O–H groups in total. The largest absolute Gasteiger partial charge is 0.341 e.